The highest BCUT2D eigenvalue weighted by Gasteiger charge is 2.20. The number of hydrogen-bond donors (Lipinski definition) is 3. The Morgan fingerprint density at radius 1 is 0.892 bits per heavy atom. The molecule has 0 aliphatic rings. The van der Waals surface area contributed by atoms with Gasteiger partial charge in [0.2, 0.25) is 5.95 Å². The Labute approximate surface area is 224 Å². The van der Waals surface area contributed by atoms with Crippen molar-refractivity contribution in [2.75, 3.05) is 18.5 Å². The zero-order valence-electron chi connectivity index (χ0n) is 19.7. The third-order valence-corrected chi connectivity index (χ3v) is 6.20. The standard InChI is InChI=1S/C28H23Cl2N5O2/c29-21-10-5-11-22(30)24(21)27-34-25(26(35-27)23-12-13-31-28(33-23)32-14-15-36)19-8-4-9-20(16-19)37-17-18-6-2-1-3-7-18/h1-13,16,36H,14-15,17H2,(H,34,35)(H,31,32,33). The number of H-pyrrole nitrogens is 1. The molecule has 2 aromatic heterocycles. The van der Waals surface area contributed by atoms with Gasteiger partial charge in [-0.25, -0.2) is 15.0 Å². The lowest BCUT2D eigenvalue weighted by atomic mass is 10.1. The molecule has 0 unspecified atom stereocenters. The molecule has 186 valence electrons. The van der Waals surface area contributed by atoms with E-state index in [9.17, 15) is 0 Å². The lowest BCUT2D eigenvalue weighted by molar-refractivity contribution is 0.306. The minimum atomic E-state index is -0.0339. The van der Waals surface area contributed by atoms with Crippen LogP contribution in [0.2, 0.25) is 10.0 Å². The van der Waals surface area contributed by atoms with Gasteiger partial charge in [0, 0.05) is 18.3 Å². The second kappa shape index (κ2) is 11.4. The van der Waals surface area contributed by atoms with E-state index in [2.05, 4.69) is 20.3 Å². The number of rotatable bonds is 9. The summed E-state index contributed by atoms with van der Waals surface area (Å²) in [6.07, 6.45) is 1.65. The molecule has 5 rings (SSSR count). The van der Waals surface area contributed by atoms with Crippen LogP contribution >= 0.6 is 23.2 Å². The summed E-state index contributed by atoms with van der Waals surface area (Å²) in [5.41, 5.74) is 4.44. The largest absolute Gasteiger partial charge is 0.489 e. The van der Waals surface area contributed by atoms with Crippen LogP contribution in [0.15, 0.2) is 85.1 Å². The van der Waals surface area contributed by atoms with Crippen LogP contribution in [0.4, 0.5) is 5.95 Å². The number of aromatic nitrogens is 4. The van der Waals surface area contributed by atoms with Crippen LogP contribution in [-0.4, -0.2) is 38.2 Å². The second-order valence-corrected chi connectivity index (χ2v) is 8.94. The second-order valence-electron chi connectivity index (χ2n) is 8.12. The molecule has 9 heteroatoms. The molecule has 0 fully saturated rings. The van der Waals surface area contributed by atoms with E-state index in [-0.39, 0.29) is 6.61 Å². The van der Waals surface area contributed by atoms with Gasteiger partial charge in [0.1, 0.15) is 18.2 Å². The fourth-order valence-electron chi connectivity index (χ4n) is 3.83. The van der Waals surface area contributed by atoms with E-state index in [1.807, 2.05) is 54.6 Å². The SMILES string of the molecule is OCCNc1nccc(-c2[nH]c(-c3c(Cl)cccc3Cl)nc2-c2cccc(OCc3ccccc3)c2)n1. The fourth-order valence-corrected chi connectivity index (χ4v) is 4.41. The van der Waals surface area contributed by atoms with E-state index in [0.29, 0.717) is 63.4 Å². The van der Waals surface area contributed by atoms with Crippen LogP contribution < -0.4 is 10.1 Å². The zero-order chi connectivity index (χ0) is 25.6. The maximum atomic E-state index is 9.16. The van der Waals surface area contributed by atoms with Crippen LogP contribution in [0.3, 0.4) is 0 Å². The smallest absolute Gasteiger partial charge is 0.223 e. The van der Waals surface area contributed by atoms with Crippen LogP contribution in [0.5, 0.6) is 5.75 Å². The average molecular weight is 532 g/mol. The number of nitrogens with one attached hydrogen (secondary N) is 2. The van der Waals surface area contributed by atoms with Gasteiger partial charge in [-0.05, 0) is 35.9 Å². The summed E-state index contributed by atoms with van der Waals surface area (Å²) in [4.78, 5) is 17.1. The molecule has 5 aromatic rings. The van der Waals surface area contributed by atoms with Gasteiger partial charge in [-0.2, -0.15) is 0 Å². The maximum absolute atomic E-state index is 9.16. The first-order chi connectivity index (χ1) is 18.1. The van der Waals surface area contributed by atoms with Crippen molar-refractivity contribution in [3.63, 3.8) is 0 Å². The summed E-state index contributed by atoms with van der Waals surface area (Å²) < 4.78 is 6.05. The molecule has 0 bridgehead atoms. The third-order valence-electron chi connectivity index (χ3n) is 5.57. The number of hydrogen-bond acceptors (Lipinski definition) is 6. The first kappa shape index (κ1) is 24.8. The number of ether oxygens (including phenoxy) is 1. The maximum Gasteiger partial charge on any atom is 0.223 e. The molecule has 3 aromatic carbocycles. The molecule has 3 N–H and O–H groups in total. The molecule has 0 saturated carbocycles. The molecule has 2 heterocycles. The third kappa shape index (κ3) is 5.75. The van der Waals surface area contributed by atoms with E-state index < -0.39 is 0 Å². The van der Waals surface area contributed by atoms with Crippen molar-refractivity contribution in [2.24, 2.45) is 0 Å². The molecule has 0 amide bonds. The molecule has 0 aliphatic carbocycles. The van der Waals surface area contributed by atoms with Crippen molar-refractivity contribution < 1.29 is 9.84 Å². The Kier molecular flexibility index (Phi) is 7.65. The van der Waals surface area contributed by atoms with Gasteiger partial charge < -0.3 is 20.1 Å². The topological polar surface area (TPSA) is 96.0 Å². The van der Waals surface area contributed by atoms with E-state index in [1.54, 1.807) is 30.5 Å². The minimum absolute atomic E-state index is 0.0339. The predicted molar refractivity (Wildman–Crippen MR) is 147 cm³/mol. The first-order valence-corrected chi connectivity index (χ1v) is 12.4. The Morgan fingerprint density at radius 3 is 2.46 bits per heavy atom. The number of imidazole rings is 1. The van der Waals surface area contributed by atoms with Crippen LogP contribution in [-0.2, 0) is 6.61 Å². The molecular formula is C28H23Cl2N5O2. The van der Waals surface area contributed by atoms with Crippen molar-refractivity contribution in [1.29, 1.82) is 0 Å². The van der Waals surface area contributed by atoms with Gasteiger partial charge >= 0.3 is 0 Å². The molecule has 0 saturated heterocycles. The summed E-state index contributed by atoms with van der Waals surface area (Å²) in [5.74, 6) is 1.62. The van der Waals surface area contributed by atoms with Crippen LogP contribution in [0, 0.1) is 0 Å². The monoisotopic (exact) mass is 531 g/mol. The van der Waals surface area contributed by atoms with Crippen molar-refractivity contribution in [2.45, 2.75) is 6.61 Å². The van der Waals surface area contributed by atoms with Crippen molar-refractivity contribution in [3.05, 3.63) is 101 Å². The molecule has 7 nitrogen and oxygen atoms in total. The number of aliphatic hydroxyl groups is 1. The number of anilines is 1. The average Bonchev–Trinajstić information content (AvgIpc) is 3.37. The van der Waals surface area contributed by atoms with E-state index in [4.69, 9.17) is 38.0 Å². The Morgan fingerprint density at radius 2 is 1.68 bits per heavy atom. The van der Waals surface area contributed by atoms with Gasteiger partial charge in [0.25, 0.3) is 0 Å². The highest BCUT2D eigenvalue weighted by molar-refractivity contribution is 6.39. The number of aromatic amines is 1. The fraction of sp³-hybridized carbons (Fsp3) is 0.107. The first-order valence-electron chi connectivity index (χ1n) is 11.6. The molecule has 37 heavy (non-hydrogen) atoms. The predicted octanol–water partition coefficient (Wildman–Crippen LogP) is 6.49. The summed E-state index contributed by atoms with van der Waals surface area (Å²) in [7, 11) is 0. The van der Waals surface area contributed by atoms with Crippen molar-refractivity contribution in [3.8, 4) is 39.8 Å². The number of nitrogens with zero attached hydrogens (tertiary/aromatic N) is 3. The highest BCUT2D eigenvalue weighted by Crippen LogP contribution is 2.38. The molecular weight excluding hydrogens is 509 g/mol. The summed E-state index contributed by atoms with van der Waals surface area (Å²) in [6.45, 7) is 0.748. The Bertz CT molecular complexity index is 1490. The molecule has 0 atom stereocenters. The minimum Gasteiger partial charge on any atom is -0.489 e. The van der Waals surface area contributed by atoms with Gasteiger partial charge in [0.15, 0.2) is 0 Å². The number of benzene rings is 3. The van der Waals surface area contributed by atoms with Crippen LogP contribution in [0.25, 0.3) is 34.0 Å². The van der Waals surface area contributed by atoms with Gasteiger partial charge in [-0.15, -0.1) is 0 Å². The quantitative estimate of drug-likeness (QED) is 0.201. The van der Waals surface area contributed by atoms with Crippen molar-refractivity contribution >= 4 is 29.2 Å². The highest BCUT2D eigenvalue weighted by atomic mass is 35.5. The van der Waals surface area contributed by atoms with E-state index >= 15 is 0 Å². The Hall–Kier alpha value is -3.91. The lowest BCUT2D eigenvalue weighted by Crippen LogP contribution is -2.08. The Balaban J connectivity index is 1.57. The van der Waals surface area contributed by atoms with E-state index in [1.165, 1.54) is 0 Å². The summed E-state index contributed by atoms with van der Waals surface area (Å²) >= 11 is 13.0. The van der Waals surface area contributed by atoms with E-state index in [0.717, 1.165) is 11.1 Å². The van der Waals surface area contributed by atoms with Gasteiger partial charge in [-0.3, -0.25) is 0 Å². The zero-order valence-corrected chi connectivity index (χ0v) is 21.2. The number of halogens is 2. The van der Waals surface area contributed by atoms with Gasteiger partial charge in [-0.1, -0.05) is 71.7 Å². The van der Waals surface area contributed by atoms with Gasteiger partial charge in [0.05, 0.1) is 39.3 Å². The summed E-state index contributed by atoms with van der Waals surface area (Å²) in [6, 6.07) is 24.8. The molecule has 0 radical (unpaired) electrons. The normalized spacial score (nSPS) is 10.9. The number of aliphatic hydroxyl groups excluding tert-OH is 1. The summed E-state index contributed by atoms with van der Waals surface area (Å²) in [5, 5.41) is 13.1. The van der Waals surface area contributed by atoms with Crippen LogP contribution in [0.1, 0.15) is 5.56 Å². The van der Waals surface area contributed by atoms with Crippen molar-refractivity contribution in [1.82, 2.24) is 19.9 Å². The molecule has 0 spiro atoms. The lowest BCUT2D eigenvalue weighted by Gasteiger charge is -2.09. The molecule has 0 aliphatic heterocycles.